The van der Waals surface area contributed by atoms with Crippen LogP contribution in [0.4, 0.5) is 0 Å². The third-order valence-electron chi connectivity index (χ3n) is 3.20. The second-order valence-electron chi connectivity index (χ2n) is 4.80. The van der Waals surface area contributed by atoms with Gasteiger partial charge in [0.2, 0.25) is 0 Å². The molecular formula is C12H17BrN2O. The van der Waals surface area contributed by atoms with E-state index in [1.54, 1.807) is 6.20 Å². The zero-order valence-corrected chi connectivity index (χ0v) is 11.3. The van der Waals surface area contributed by atoms with E-state index >= 15 is 0 Å². The van der Waals surface area contributed by atoms with Gasteiger partial charge in [-0.1, -0.05) is 19.3 Å². The molecule has 1 saturated carbocycles. The molecule has 0 atom stereocenters. The number of nitrogens with zero attached hydrogens (tertiary/aromatic N) is 2. The summed E-state index contributed by atoms with van der Waals surface area (Å²) in [4.78, 5) is 12.2. The maximum absolute atomic E-state index is 12.2. The molecule has 0 unspecified atom stereocenters. The summed E-state index contributed by atoms with van der Waals surface area (Å²) in [5, 5.41) is 4.24. The van der Waals surface area contributed by atoms with Crippen LogP contribution in [0.5, 0.6) is 0 Å². The minimum Gasteiger partial charge on any atom is -0.292 e. The first kappa shape index (κ1) is 11.8. The standard InChI is InChI=1S/C12H17BrN2O/c1-8(2)15-12(10(13)7-14-15)11(16)6-9-4-3-5-9/h7-9H,3-6H2,1-2H3. The SMILES string of the molecule is CC(C)n1ncc(Br)c1C(=O)CC1CCC1. The van der Waals surface area contributed by atoms with E-state index in [4.69, 9.17) is 0 Å². The van der Waals surface area contributed by atoms with Crippen molar-refractivity contribution in [2.45, 2.75) is 45.6 Å². The average molecular weight is 285 g/mol. The Bertz CT molecular complexity index is 394. The molecule has 2 rings (SSSR count). The van der Waals surface area contributed by atoms with Crippen LogP contribution in [-0.2, 0) is 0 Å². The number of hydrogen-bond donors (Lipinski definition) is 0. The van der Waals surface area contributed by atoms with Crippen LogP contribution in [0.3, 0.4) is 0 Å². The van der Waals surface area contributed by atoms with Gasteiger partial charge in [0, 0.05) is 12.5 Å². The summed E-state index contributed by atoms with van der Waals surface area (Å²) in [6, 6.07) is 0.228. The van der Waals surface area contributed by atoms with E-state index in [0.717, 1.165) is 10.2 Å². The largest absolute Gasteiger partial charge is 0.292 e. The number of carbonyl (C=O) groups excluding carboxylic acids is 1. The number of carbonyl (C=O) groups is 1. The first-order valence-corrected chi connectivity index (χ1v) is 6.65. The Morgan fingerprint density at radius 3 is 2.81 bits per heavy atom. The monoisotopic (exact) mass is 284 g/mol. The first-order valence-electron chi connectivity index (χ1n) is 5.85. The molecule has 0 amide bonds. The van der Waals surface area contributed by atoms with Crippen molar-refractivity contribution in [2.75, 3.05) is 0 Å². The average Bonchev–Trinajstić information content (AvgIpc) is 2.53. The quantitative estimate of drug-likeness (QED) is 0.792. The Labute approximate surface area is 104 Å². The van der Waals surface area contributed by atoms with E-state index < -0.39 is 0 Å². The Balaban J connectivity index is 2.17. The van der Waals surface area contributed by atoms with E-state index in [1.165, 1.54) is 19.3 Å². The fourth-order valence-electron chi connectivity index (χ4n) is 2.05. The van der Waals surface area contributed by atoms with Crippen molar-refractivity contribution in [3.05, 3.63) is 16.4 Å². The topological polar surface area (TPSA) is 34.9 Å². The number of aromatic nitrogens is 2. The number of rotatable bonds is 4. The minimum absolute atomic E-state index is 0.225. The van der Waals surface area contributed by atoms with Gasteiger partial charge in [0.05, 0.1) is 10.7 Å². The Kier molecular flexibility index (Phi) is 3.47. The summed E-state index contributed by atoms with van der Waals surface area (Å²) < 4.78 is 2.64. The normalized spacial score (nSPS) is 16.5. The van der Waals surface area contributed by atoms with Gasteiger partial charge in [-0.15, -0.1) is 0 Å². The fourth-order valence-corrected chi connectivity index (χ4v) is 2.54. The molecule has 0 radical (unpaired) electrons. The van der Waals surface area contributed by atoms with E-state index in [0.29, 0.717) is 12.3 Å². The maximum Gasteiger partial charge on any atom is 0.182 e. The molecule has 1 fully saturated rings. The van der Waals surface area contributed by atoms with Gasteiger partial charge < -0.3 is 0 Å². The number of hydrogen-bond acceptors (Lipinski definition) is 2. The van der Waals surface area contributed by atoms with E-state index in [1.807, 2.05) is 18.5 Å². The number of Topliss-reactive ketones (excluding diaryl/α,β-unsaturated/α-hetero) is 1. The number of halogens is 1. The summed E-state index contributed by atoms with van der Waals surface area (Å²) in [6.07, 6.45) is 6.09. The van der Waals surface area contributed by atoms with Gasteiger partial charge in [-0.3, -0.25) is 9.48 Å². The maximum atomic E-state index is 12.2. The number of ketones is 1. The second kappa shape index (κ2) is 4.70. The van der Waals surface area contributed by atoms with E-state index in [9.17, 15) is 4.79 Å². The molecule has 0 bridgehead atoms. The second-order valence-corrected chi connectivity index (χ2v) is 5.66. The van der Waals surface area contributed by atoms with E-state index in [-0.39, 0.29) is 11.8 Å². The van der Waals surface area contributed by atoms with Gasteiger partial charge in [0.15, 0.2) is 5.78 Å². The summed E-state index contributed by atoms with van der Waals surface area (Å²) >= 11 is 3.41. The van der Waals surface area contributed by atoms with E-state index in [2.05, 4.69) is 21.0 Å². The Morgan fingerprint density at radius 1 is 1.62 bits per heavy atom. The lowest BCUT2D eigenvalue weighted by Gasteiger charge is -2.24. The lowest BCUT2D eigenvalue weighted by Crippen LogP contribution is -2.19. The van der Waals surface area contributed by atoms with Crippen molar-refractivity contribution in [1.82, 2.24) is 9.78 Å². The predicted molar refractivity (Wildman–Crippen MR) is 66.6 cm³/mol. The van der Waals surface area contributed by atoms with Crippen LogP contribution < -0.4 is 0 Å². The van der Waals surface area contributed by atoms with Crippen molar-refractivity contribution in [1.29, 1.82) is 0 Å². The highest BCUT2D eigenvalue weighted by Gasteiger charge is 2.25. The summed E-state index contributed by atoms with van der Waals surface area (Å²) in [5.41, 5.74) is 0.738. The molecule has 1 heterocycles. The molecule has 88 valence electrons. The van der Waals surface area contributed by atoms with Crippen molar-refractivity contribution >= 4 is 21.7 Å². The lowest BCUT2D eigenvalue weighted by molar-refractivity contribution is 0.0923. The van der Waals surface area contributed by atoms with Crippen LogP contribution in [0.2, 0.25) is 0 Å². The van der Waals surface area contributed by atoms with Crippen LogP contribution in [0.25, 0.3) is 0 Å². The fraction of sp³-hybridized carbons (Fsp3) is 0.667. The minimum atomic E-state index is 0.225. The highest BCUT2D eigenvalue weighted by molar-refractivity contribution is 9.10. The highest BCUT2D eigenvalue weighted by Crippen LogP contribution is 2.32. The first-order chi connectivity index (χ1) is 7.59. The molecule has 1 aliphatic rings. The molecule has 0 N–H and O–H groups in total. The zero-order valence-electron chi connectivity index (χ0n) is 9.74. The van der Waals surface area contributed by atoms with Gasteiger partial charge in [-0.05, 0) is 35.7 Å². The van der Waals surface area contributed by atoms with Crippen LogP contribution in [-0.4, -0.2) is 15.6 Å². The molecule has 1 aliphatic carbocycles. The van der Waals surface area contributed by atoms with Crippen LogP contribution in [0.1, 0.15) is 56.1 Å². The molecule has 16 heavy (non-hydrogen) atoms. The third-order valence-corrected chi connectivity index (χ3v) is 3.78. The van der Waals surface area contributed by atoms with Gasteiger partial charge in [0.1, 0.15) is 5.69 Å². The molecule has 0 spiro atoms. The van der Waals surface area contributed by atoms with Crippen molar-refractivity contribution in [3.63, 3.8) is 0 Å². The molecule has 0 aliphatic heterocycles. The molecule has 3 nitrogen and oxygen atoms in total. The van der Waals surface area contributed by atoms with Gasteiger partial charge in [-0.25, -0.2) is 0 Å². The lowest BCUT2D eigenvalue weighted by atomic mass is 9.81. The third kappa shape index (κ3) is 2.21. The Morgan fingerprint density at radius 2 is 2.31 bits per heavy atom. The zero-order chi connectivity index (χ0) is 11.7. The summed E-state index contributed by atoms with van der Waals surface area (Å²) in [6.45, 7) is 4.08. The van der Waals surface area contributed by atoms with Crippen LogP contribution >= 0.6 is 15.9 Å². The summed E-state index contributed by atoms with van der Waals surface area (Å²) in [7, 11) is 0. The molecule has 0 aromatic carbocycles. The molecule has 4 heteroatoms. The van der Waals surface area contributed by atoms with Crippen molar-refractivity contribution < 1.29 is 4.79 Å². The molecular weight excluding hydrogens is 268 g/mol. The van der Waals surface area contributed by atoms with Crippen LogP contribution in [0, 0.1) is 5.92 Å². The molecule has 1 aromatic heterocycles. The predicted octanol–water partition coefficient (Wildman–Crippen LogP) is 3.60. The van der Waals surface area contributed by atoms with Crippen molar-refractivity contribution in [3.8, 4) is 0 Å². The summed E-state index contributed by atoms with van der Waals surface area (Å²) in [5.74, 6) is 0.831. The molecule has 0 saturated heterocycles. The van der Waals surface area contributed by atoms with Gasteiger partial charge in [0.25, 0.3) is 0 Å². The molecule has 1 aromatic rings. The van der Waals surface area contributed by atoms with Crippen LogP contribution in [0.15, 0.2) is 10.7 Å². The Hall–Kier alpha value is -0.640. The van der Waals surface area contributed by atoms with Gasteiger partial charge in [-0.2, -0.15) is 5.10 Å². The van der Waals surface area contributed by atoms with Crippen molar-refractivity contribution in [2.24, 2.45) is 5.92 Å². The highest BCUT2D eigenvalue weighted by atomic mass is 79.9. The smallest absolute Gasteiger partial charge is 0.182 e. The van der Waals surface area contributed by atoms with Gasteiger partial charge >= 0.3 is 0 Å².